The second-order valence-electron chi connectivity index (χ2n) is 8.88. The summed E-state index contributed by atoms with van der Waals surface area (Å²) in [5.41, 5.74) is 3.81. The molecule has 3 aromatic rings. The van der Waals surface area contributed by atoms with Crippen LogP contribution in [0.25, 0.3) is 5.65 Å². The molecule has 170 valence electrons. The predicted molar refractivity (Wildman–Crippen MR) is 129 cm³/mol. The summed E-state index contributed by atoms with van der Waals surface area (Å²) in [5.74, 6) is 1.25. The van der Waals surface area contributed by atoms with E-state index in [1.54, 1.807) is 6.07 Å². The minimum Gasteiger partial charge on any atom is -0.364 e. The van der Waals surface area contributed by atoms with E-state index < -0.39 is 0 Å². The molecule has 1 saturated carbocycles. The Balaban J connectivity index is 1.38. The van der Waals surface area contributed by atoms with Gasteiger partial charge in [-0.25, -0.2) is 4.98 Å². The van der Waals surface area contributed by atoms with E-state index in [-0.39, 0.29) is 5.95 Å². The summed E-state index contributed by atoms with van der Waals surface area (Å²) in [6.45, 7) is 2.44. The third kappa shape index (κ3) is 3.66. The Bertz CT molecular complexity index is 1410. The topological polar surface area (TPSA) is 130 Å². The van der Waals surface area contributed by atoms with Crippen LogP contribution in [-0.4, -0.2) is 51.0 Å². The van der Waals surface area contributed by atoms with Crippen molar-refractivity contribution >= 4 is 46.1 Å². The molecule has 0 unspecified atom stereocenters. The Labute approximate surface area is 200 Å². The van der Waals surface area contributed by atoms with Crippen LogP contribution in [0.4, 0.5) is 23.1 Å². The molecule has 10 nitrogen and oxygen atoms in total. The maximum atomic E-state index is 9.67. The van der Waals surface area contributed by atoms with Crippen molar-refractivity contribution in [1.82, 2.24) is 19.6 Å². The van der Waals surface area contributed by atoms with Crippen LogP contribution in [-0.2, 0) is 0 Å². The van der Waals surface area contributed by atoms with Gasteiger partial charge in [-0.3, -0.25) is 4.99 Å². The van der Waals surface area contributed by atoms with Crippen molar-refractivity contribution in [3.8, 4) is 12.1 Å². The first kappa shape index (κ1) is 20.7. The lowest BCUT2D eigenvalue weighted by atomic mass is 9.98. The summed E-state index contributed by atoms with van der Waals surface area (Å²) < 4.78 is 1.46. The highest BCUT2D eigenvalue weighted by atomic mass is 35.5. The molecule has 1 aliphatic carbocycles. The van der Waals surface area contributed by atoms with Crippen LogP contribution in [0.3, 0.4) is 0 Å². The van der Waals surface area contributed by atoms with E-state index in [4.69, 9.17) is 16.6 Å². The van der Waals surface area contributed by atoms with E-state index in [9.17, 15) is 10.5 Å². The lowest BCUT2D eigenvalue weighted by molar-refractivity contribution is 0.595. The number of imidazole rings is 1. The largest absolute Gasteiger partial charge is 0.364 e. The number of nitriles is 2. The fourth-order valence-electron chi connectivity index (χ4n) is 4.59. The summed E-state index contributed by atoms with van der Waals surface area (Å²) in [6.07, 6.45) is 5.84. The second-order valence-corrected chi connectivity index (χ2v) is 9.26. The van der Waals surface area contributed by atoms with Gasteiger partial charge >= 0.3 is 0 Å². The number of aromatic nitrogens is 4. The van der Waals surface area contributed by atoms with E-state index >= 15 is 0 Å². The average Bonchev–Trinajstić information content (AvgIpc) is 3.40. The first-order valence-electron chi connectivity index (χ1n) is 11.3. The summed E-state index contributed by atoms with van der Waals surface area (Å²) >= 11 is 6.86. The van der Waals surface area contributed by atoms with Crippen molar-refractivity contribution in [2.75, 3.05) is 35.2 Å². The fraction of sp³-hybridized carbons (Fsp3) is 0.391. The van der Waals surface area contributed by atoms with Crippen LogP contribution in [0, 0.1) is 28.6 Å². The zero-order valence-corrected chi connectivity index (χ0v) is 19.0. The summed E-state index contributed by atoms with van der Waals surface area (Å²) in [5, 5.41) is 30.6. The molecule has 0 spiro atoms. The smallest absolute Gasteiger partial charge is 0.247 e. The molecule has 2 fully saturated rings. The molecule has 6 rings (SSSR count). The molecule has 2 N–H and O–H groups in total. The van der Waals surface area contributed by atoms with Crippen LogP contribution in [0.1, 0.15) is 36.9 Å². The zero-order chi connectivity index (χ0) is 23.2. The monoisotopic (exact) mass is 472 g/mol. The molecule has 2 aromatic heterocycles. The van der Waals surface area contributed by atoms with Gasteiger partial charge in [-0.05, 0) is 37.8 Å². The van der Waals surface area contributed by atoms with Crippen LogP contribution in [0.15, 0.2) is 23.3 Å². The zero-order valence-electron chi connectivity index (χ0n) is 18.3. The van der Waals surface area contributed by atoms with Gasteiger partial charge in [0, 0.05) is 30.8 Å². The van der Waals surface area contributed by atoms with Gasteiger partial charge in [-0.15, -0.1) is 5.10 Å². The number of hydrogen-bond donors (Lipinski definition) is 2. The second kappa shape index (κ2) is 8.15. The lowest BCUT2D eigenvalue weighted by Crippen LogP contribution is -2.20. The molecule has 4 heterocycles. The molecule has 11 heteroatoms. The van der Waals surface area contributed by atoms with E-state index in [2.05, 4.69) is 42.7 Å². The number of benzene rings is 1. The van der Waals surface area contributed by atoms with Gasteiger partial charge < -0.3 is 15.5 Å². The molecular formula is C23H21ClN10. The molecule has 0 amide bonds. The van der Waals surface area contributed by atoms with Gasteiger partial charge in [0.05, 0.1) is 40.8 Å². The first-order chi connectivity index (χ1) is 16.6. The Hall–Kier alpha value is -3.89. The number of halogens is 1. The van der Waals surface area contributed by atoms with E-state index in [0.29, 0.717) is 45.4 Å². The van der Waals surface area contributed by atoms with Crippen molar-refractivity contribution in [2.24, 2.45) is 10.9 Å². The predicted octanol–water partition coefficient (Wildman–Crippen LogP) is 3.51. The third-order valence-corrected chi connectivity index (χ3v) is 6.85. The normalized spacial score (nSPS) is 19.3. The first-order valence-corrected chi connectivity index (χ1v) is 11.7. The minimum absolute atomic E-state index is 0.257. The van der Waals surface area contributed by atoms with Crippen molar-refractivity contribution in [1.29, 1.82) is 10.5 Å². The average molecular weight is 473 g/mol. The van der Waals surface area contributed by atoms with Crippen molar-refractivity contribution in [3.05, 3.63) is 34.6 Å². The van der Waals surface area contributed by atoms with Crippen LogP contribution >= 0.6 is 11.6 Å². The number of nitrogens with zero attached hydrogens (tertiary/aromatic N) is 8. The van der Waals surface area contributed by atoms with Gasteiger partial charge in [0.1, 0.15) is 6.07 Å². The molecular weight excluding hydrogens is 452 g/mol. The number of anilines is 4. The van der Waals surface area contributed by atoms with Gasteiger partial charge in [0.15, 0.2) is 17.2 Å². The number of rotatable bonds is 5. The standard InChI is InChI=1S/C23H21ClN10/c24-20-17(6-13(8-25)7-19(20)33-11-14-2-1-5-27-18(14)12-33)30-23-31-21(29-15-3-4-15)22-28-10-16(9-26)34(22)32-23/h6-7,10,14-15H,1-5,11-12H2,(H2,29,30,31,32)/t14-/m0/s1. The molecule has 0 bridgehead atoms. The molecule has 0 radical (unpaired) electrons. The highest BCUT2D eigenvalue weighted by Crippen LogP contribution is 2.39. The van der Waals surface area contributed by atoms with Gasteiger partial charge in [-0.2, -0.15) is 20.0 Å². The van der Waals surface area contributed by atoms with Crippen LogP contribution in [0.2, 0.25) is 5.02 Å². The quantitative estimate of drug-likeness (QED) is 0.576. The fourth-order valence-corrected chi connectivity index (χ4v) is 4.86. The number of nitrogens with one attached hydrogen (secondary N) is 2. The van der Waals surface area contributed by atoms with E-state index in [1.165, 1.54) is 16.4 Å². The maximum Gasteiger partial charge on any atom is 0.247 e. The Morgan fingerprint density at radius 2 is 2.03 bits per heavy atom. The van der Waals surface area contributed by atoms with E-state index in [0.717, 1.165) is 51.0 Å². The van der Waals surface area contributed by atoms with Gasteiger partial charge in [-0.1, -0.05) is 11.6 Å². The molecule has 3 aliphatic rings. The number of aliphatic imine (C=N–C) groups is 1. The van der Waals surface area contributed by atoms with Crippen molar-refractivity contribution < 1.29 is 0 Å². The lowest BCUT2D eigenvalue weighted by Gasteiger charge is -2.21. The Morgan fingerprint density at radius 1 is 1.15 bits per heavy atom. The molecule has 34 heavy (non-hydrogen) atoms. The molecule has 1 aromatic carbocycles. The summed E-state index contributed by atoms with van der Waals surface area (Å²) in [7, 11) is 0. The van der Waals surface area contributed by atoms with E-state index in [1.807, 2.05) is 6.07 Å². The van der Waals surface area contributed by atoms with Crippen LogP contribution < -0.4 is 15.5 Å². The summed E-state index contributed by atoms with van der Waals surface area (Å²) in [6, 6.07) is 8.18. The van der Waals surface area contributed by atoms with Crippen LogP contribution in [0.5, 0.6) is 0 Å². The van der Waals surface area contributed by atoms with Gasteiger partial charge in [0.2, 0.25) is 5.95 Å². The van der Waals surface area contributed by atoms with Crippen molar-refractivity contribution in [3.63, 3.8) is 0 Å². The van der Waals surface area contributed by atoms with Crippen molar-refractivity contribution in [2.45, 2.75) is 31.7 Å². The Kier molecular flexibility index (Phi) is 4.96. The maximum absolute atomic E-state index is 9.67. The minimum atomic E-state index is 0.257. The Morgan fingerprint density at radius 3 is 2.79 bits per heavy atom. The molecule has 1 atom stereocenters. The molecule has 2 aliphatic heterocycles. The third-order valence-electron chi connectivity index (χ3n) is 6.46. The number of fused-ring (bicyclic) bond motifs is 2. The highest BCUT2D eigenvalue weighted by Gasteiger charge is 2.32. The molecule has 1 saturated heterocycles. The highest BCUT2D eigenvalue weighted by molar-refractivity contribution is 6.36. The van der Waals surface area contributed by atoms with Gasteiger partial charge in [0.25, 0.3) is 0 Å². The number of hydrogen-bond acceptors (Lipinski definition) is 9. The SMILES string of the molecule is N#Cc1cc(Nc2nc(NC3CC3)c3ncc(C#N)n3n2)c(Cl)c(N2CC3=NCCC[C@H]3C2)c1. The summed E-state index contributed by atoms with van der Waals surface area (Å²) in [4.78, 5) is 15.8.